The normalized spacial score (nSPS) is 18.3. The smallest absolute Gasteiger partial charge is 0.125 e. The van der Waals surface area contributed by atoms with Crippen LogP contribution in [-0.4, -0.2) is 18.6 Å². The number of hydrogen-bond acceptors (Lipinski definition) is 2. The maximum Gasteiger partial charge on any atom is 0.125 e. The van der Waals surface area contributed by atoms with Crippen LogP contribution in [0.5, 0.6) is 0 Å². The van der Waals surface area contributed by atoms with Gasteiger partial charge in [0.1, 0.15) is 5.82 Å². The number of nitrogens with one attached hydrogen (secondary N) is 1. The zero-order valence-electron chi connectivity index (χ0n) is 9.47. The van der Waals surface area contributed by atoms with Crippen LogP contribution in [0.4, 0.5) is 15.8 Å². The van der Waals surface area contributed by atoms with E-state index in [1.807, 2.05) is 6.07 Å². The fourth-order valence-corrected chi connectivity index (χ4v) is 2.12. The topological polar surface area (TPSA) is 15.3 Å². The molecule has 1 aliphatic heterocycles. The van der Waals surface area contributed by atoms with Gasteiger partial charge in [-0.3, -0.25) is 0 Å². The lowest BCUT2D eigenvalue weighted by Gasteiger charge is -2.41. The van der Waals surface area contributed by atoms with Crippen LogP contribution in [-0.2, 0) is 0 Å². The summed E-state index contributed by atoms with van der Waals surface area (Å²) < 4.78 is 13.1. The van der Waals surface area contributed by atoms with Gasteiger partial charge in [0.05, 0.1) is 11.4 Å². The van der Waals surface area contributed by atoms with Crippen LogP contribution in [0.2, 0.25) is 0 Å². The van der Waals surface area contributed by atoms with Crippen molar-refractivity contribution in [2.24, 2.45) is 0 Å². The lowest BCUT2D eigenvalue weighted by molar-refractivity contribution is 0.534. The average molecular weight is 208 g/mol. The van der Waals surface area contributed by atoms with Gasteiger partial charge in [0.2, 0.25) is 0 Å². The molecule has 15 heavy (non-hydrogen) atoms. The Morgan fingerprint density at radius 3 is 2.87 bits per heavy atom. The Morgan fingerprint density at radius 2 is 2.20 bits per heavy atom. The first kappa shape index (κ1) is 10.3. The lowest BCUT2D eigenvalue weighted by Crippen LogP contribution is -2.48. The Kier molecular flexibility index (Phi) is 2.33. The molecule has 0 saturated carbocycles. The Labute approximate surface area is 90.1 Å². The maximum absolute atomic E-state index is 13.1. The highest BCUT2D eigenvalue weighted by Crippen LogP contribution is 2.34. The van der Waals surface area contributed by atoms with Crippen molar-refractivity contribution in [1.82, 2.24) is 0 Å². The average Bonchev–Trinajstić information content (AvgIpc) is 2.16. The SMILES string of the molecule is CCN1CC(C)(C)Nc2ccc(F)cc21. The molecular formula is C12H17FN2. The summed E-state index contributed by atoms with van der Waals surface area (Å²) in [5, 5.41) is 3.42. The second-order valence-corrected chi connectivity index (χ2v) is 4.68. The summed E-state index contributed by atoms with van der Waals surface area (Å²) in [7, 11) is 0. The summed E-state index contributed by atoms with van der Waals surface area (Å²) in [6, 6.07) is 4.91. The van der Waals surface area contributed by atoms with E-state index >= 15 is 0 Å². The van der Waals surface area contributed by atoms with Crippen LogP contribution >= 0.6 is 0 Å². The van der Waals surface area contributed by atoms with Gasteiger partial charge < -0.3 is 10.2 Å². The molecule has 1 aromatic carbocycles. The van der Waals surface area contributed by atoms with E-state index in [4.69, 9.17) is 0 Å². The summed E-state index contributed by atoms with van der Waals surface area (Å²) in [6.45, 7) is 8.21. The number of benzene rings is 1. The highest BCUT2D eigenvalue weighted by Gasteiger charge is 2.28. The molecular weight excluding hydrogens is 191 g/mol. The van der Waals surface area contributed by atoms with Gasteiger partial charge in [-0.05, 0) is 39.0 Å². The van der Waals surface area contributed by atoms with Crippen LogP contribution in [0.25, 0.3) is 0 Å². The summed E-state index contributed by atoms with van der Waals surface area (Å²) in [6.07, 6.45) is 0. The Bertz CT molecular complexity index is 374. The van der Waals surface area contributed by atoms with Crippen LogP contribution in [0, 0.1) is 5.82 Å². The van der Waals surface area contributed by atoms with Crippen LogP contribution in [0.15, 0.2) is 18.2 Å². The predicted octanol–water partition coefficient (Wildman–Crippen LogP) is 2.86. The van der Waals surface area contributed by atoms with E-state index < -0.39 is 0 Å². The molecule has 0 aromatic heterocycles. The van der Waals surface area contributed by atoms with Gasteiger partial charge in [0.15, 0.2) is 0 Å². The number of fused-ring (bicyclic) bond motifs is 1. The summed E-state index contributed by atoms with van der Waals surface area (Å²) in [4.78, 5) is 2.20. The van der Waals surface area contributed by atoms with Crippen molar-refractivity contribution in [3.63, 3.8) is 0 Å². The van der Waals surface area contributed by atoms with Crippen LogP contribution in [0.3, 0.4) is 0 Å². The molecule has 82 valence electrons. The van der Waals surface area contributed by atoms with Gasteiger partial charge in [0.25, 0.3) is 0 Å². The van der Waals surface area contributed by atoms with Gasteiger partial charge in [-0.2, -0.15) is 0 Å². The number of rotatable bonds is 1. The molecule has 0 amide bonds. The second kappa shape index (κ2) is 3.40. The third-order valence-corrected chi connectivity index (χ3v) is 2.74. The van der Waals surface area contributed by atoms with Crippen LogP contribution in [0.1, 0.15) is 20.8 Å². The molecule has 0 atom stereocenters. The van der Waals surface area contributed by atoms with E-state index in [0.29, 0.717) is 0 Å². The molecule has 1 aliphatic rings. The first-order valence-electron chi connectivity index (χ1n) is 5.34. The van der Waals surface area contributed by atoms with Crippen molar-refractivity contribution in [2.45, 2.75) is 26.3 Å². The van der Waals surface area contributed by atoms with Crippen LogP contribution < -0.4 is 10.2 Å². The Hall–Kier alpha value is -1.25. The van der Waals surface area contributed by atoms with Crippen molar-refractivity contribution in [2.75, 3.05) is 23.3 Å². The Balaban J connectivity index is 2.44. The predicted molar refractivity (Wildman–Crippen MR) is 62.0 cm³/mol. The molecule has 0 bridgehead atoms. The third-order valence-electron chi connectivity index (χ3n) is 2.74. The summed E-state index contributed by atoms with van der Waals surface area (Å²) in [5.74, 6) is -0.172. The van der Waals surface area contributed by atoms with E-state index in [1.54, 1.807) is 6.07 Å². The van der Waals surface area contributed by atoms with Gasteiger partial charge >= 0.3 is 0 Å². The molecule has 2 rings (SSSR count). The van der Waals surface area contributed by atoms with E-state index in [2.05, 4.69) is 31.0 Å². The Morgan fingerprint density at radius 1 is 1.47 bits per heavy atom. The van der Waals surface area contributed by atoms with Gasteiger partial charge in [-0.15, -0.1) is 0 Å². The van der Waals surface area contributed by atoms with Gasteiger partial charge in [0, 0.05) is 18.6 Å². The highest BCUT2D eigenvalue weighted by molar-refractivity contribution is 5.73. The number of likely N-dealkylation sites (N-methyl/N-ethyl adjacent to an activating group) is 1. The first-order valence-corrected chi connectivity index (χ1v) is 5.34. The van der Waals surface area contributed by atoms with Crippen molar-refractivity contribution in [3.8, 4) is 0 Å². The molecule has 2 nitrogen and oxygen atoms in total. The summed E-state index contributed by atoms with van der Waals surface area (Å²) in [5.41, 5.74) is 2.03. The first-order chi connectivity index (χ1) is 7.02. The molecule has 0 spiro atoms. The number of halogens is 1. The fourth-order valence-electron chi connectivity index (χ4n) is 2.12. The molecule has 0 saturated heterocycles. The summed E-state index contributed by atoms with van der Waals surface area (Å²) >= 11 is 0. The number of hydrogen-bond donors (Lipinski definition) is 1. The van der Waals surface area contributed by atoms with Gasteiger partial charge in [-0.1, -0.05) is 0 Å². The van der Waals surface area contributed by atoms with E-state index in [0.717, 1.165) is 24.5 Å². The lowest BCUT2D eigenvalue weighted by atomic mass is 9.99. The minimum absolute atomic E-state index is 0.0425. The van der Waals surface area contributed by atoms with E-state index in [9.17, 15) is 4.39 Å². The minimum Gasteiger partial charge on any atom is -0.377 e. The molecule has 0 fully saturated rings. The minimum atomic E-state index is -0.172. The number of anilines is 2. The molecule has 0 unspecified atom stereocenters. The van der Waals surface area contributed by atoms with Crippen molar-refractivity contribution in [1.29, 1.82) is 0 Å². The molecule has 0 radical (unpaired) electrons. The second-order valence-electron chi connectivity index (χ2n) is 4.68. The van der Waals surface area contributed by atoms with Crippen molar-refractivity contribution in [3.05, 3.63) is 24.0 Å². The maximum atomic E-state index is 13.1. The monoisotopic (exact) mass is 208 g/mol. The standard InChI is InChI=1S/C12H17FN2/c1-4-15-8-12(2,3)14-10-6-5-9(13)7-11(10)15/h5-7,14H,4,8H2,1-3H3. The quantitative estimate of drug-likeness (QED) is 0.763. The van der Waals surface area contributed by atoms with E-state index in [-0.39, 0.29) is 11.4 Å². The largest absolute Gasteiger partial charge is 0.377 e. The van der Waals surface area contributed by atoms with E-state index in [1.165, 1.54) is 6.07 Å². The van der Waals surface area contributed by atoms with Gasteiger partial charge in [-0.25, -0.2) is 4.39 Å². The fraction of sp³-hybridized carbons (Fsp3) is 0.500. The van der Waals surface area contributed by atoms with Crippen molar-refractivity contribution < 1.29 is 4.39 Å². The molecule has 1 aromatic rings. The highest BCUT2D eigenvalue weighted by atomic mass is 19.1. The zero-order valence-corrected chi connectivity index (χ0v) is 9.47. The molecule has 1 N–H and O–H groups in total. The third kappa shape index (κ3) is 1.91. The molecule has 3 heteroatoms. The van der Waals surface area contributed by atoms with Crippen molar-refractivity contribution >= 4 is 11.4 Å². The molecule has 1 heterocycles. The zero-order chi connectivity index (χ0) is 11.1. The molecule has 0 aliphatic carbocycles. The number of nitrogens with zero attached hydrogens (tertiary/aromatic N) is 1.